The fraction of sp³-hybridized carbons (Fsp3) is 0.275. The number of nitrogens with zero attached hydrogens (tertiary/aromatic N) is 1. The van der Waals surface area contributed by atoms with Crippen LogP contribution in [0.1, 0.15) is 90.0 Å². The summed E-state index contributed by atoms with van der Waals surface area (Å²) < 4.78 is 42.3. The molecule has 230 valence electrons. The van der Waals surface area contributed by atoms with Gasteiger partial charge in [-0.2, -0.15) is 0 Å². The summed E-state index contributed by atoms with van der Waals surface area (Å²) >= 11 is 0. The number of hydrogen-bond acceptors (Lipinski definition) is 4. The molecule has 0 N–H and O–H groups in total. The van der Waals surface area contributed by atoms with Crippen molar-refractivity contribution in [3.8, 4) is 11.5 Å². The first kappa shape index (κ1) is 27.6. The number of ether oxygens (including phenoxy) is 2. The van der Waals surface area contributed by atoms with Crippen molar-refractivity contribution < 1.29 is 23.0 Å². The molecule has 3 aliphatic heterocycles. The Morgan fingerprint density at radius 2 is 1.57 bits per heavy atom. The Morgan fingerprint density at radius 3 is 2.41 bits per heavy atom. The fourth-order valence-electron chi connectivity index (χ4n) is 8.41. The van der Waals surface area contributed by atoms with Gasteiger partial charge in [-0.15, -0.1) is 0 Å². The van der Waals surface area contributed by atoms with Crippen LogP contribution in [0.25, 0.3) is 10.8 Å². The topological polar surface area (TPSA) is 38.8 Å². The van der Waals surface area contributed by atoms with E-state index in [0.717, 1.165) is 35.1 Å². The summed E-state index contributed by atoms with van der Waals surface area (Å²) in [6.45, 7) is 5.39. The maximum atomic E-state index is 14.9. The van der Waals surface area contributed by atoms with E-state index in [4.69, 9.17) is 9.47 Å². The van der Waals surface area contributed by atoms with E-state index in [1.807, 2.05) is 54.6 Å². The van der Waals surface area contributed by atoms with Crippen LogP contribution in [-0.2, 0) is 15.8 Å². The minimum atomic E-state index is -1.50. The van der Waals surface area contributed by atoms with Crippen molar-refractivity contribution in [2.24, 2.45) is 0 Å². The van der Waals surface area contributed by atoms with Gasteiger partial charge >= 0.3 is 5.97 Å². The molecule has 1 atom stereocenters. The van der Waals surface area contributed by atoms with Crippen LogP contribution in [0.4, 0.5) is 20.2 Å². The molecule has 46 heavy (non-hydrogen) atoms. The molecule has 9 rings (SSSR count). The van der Waals surface area contributed by atoms with Crippen molar-refractivity contribution >= 4 is 28.1 Å². The predicted octanol–water partition coefficient (Wildman–Crippen LogP) is 10.2. The van der Waals surface area contributed by atoms with Crippen LogP contribution in [-0.4, -0.2) is 12.5 Å². The highest BCUT2D eigenvalue weighted by atomic mass is 19.2. The fourth-order valence-corrected chi connectivity index (χ4v) is 8.41. The number of halogens is 2. The molecule has 6 heteroatoms. The Balaban J connectivity index is 1.22. The van der Waals surface area contributed by atoms with Crippen LogP contribution in [0, 0.1) is 11.6 Å². The third kappa shape index (κ3) is 3.79. The van der Waals surface area contributed by atoms with Crippen LogP contribution in [0.5, 0.6) is 11.5 Å². The summed E-state index contributed by atoms with van der Waals surface area (Å²) in [5, 5.41) is 1.79. The zero-order valence-electron chi connectivity index (χ0n) is 25.8. The molecular weight excluding hydrogens is 580 g/mol. The smallest absolute Gasteiger partial charge is 0.340 e. The van der Waals surface area contributed by atoms with Gasteiger partial charge in [0, 0.05) is 51.5 Å². The number of esters is 1. The number of hydrogen-bond donors (Lipinski definition) is 0. The van der Waals surface area contributed by atoms with Crippen molar-refractivity contribution in [3.63, 3.8) is 0 Å². The molecule has 1 unspecified atom stereocenters. The lowest BCUT2D eigenvalue weighted by atomic mass is 9.77. The van der Waals surface area contributed by atoms with Crippen molar-refractivity contribution in [3.05, 3.63) is 130 Å². The van der Waals surface area contributed by atoms with E-state index in [-0.39, 0.29) is 16.5 Å². The van der Waals surface area contributed by atoms with E-state index in [1.165, 1.54) is 48.9 Å². The number of carbonyl (C=O) groups is 1. The Labute approximate surface area is 266 Å². The molecule has 0 bridgehead atoms. The van der Waals surface area contributed by atoms with Gasteiger partial charge in [0.15, 0.2) is 17.2 Å². The molecule has 1 fully saturated rings. The van der Waals surface area contributed by atoms with E-state index in [9.17, 15) is 13.6 Å². The molecule has 1 spiro atoms. The number of anilines is 2. The average molecular weight is 614 g/mol. The summed E-state index contributed by atoms with van der Waals surface area (Å²) in [6, 6.07) is 26.6. The van der Waals surface area contributed by atoms with Gasteiger partial charge in [0.05, 0.1) is 5.56 Å². The van der Waals surface area contributed by atoms with Gasteiger partial charge in [0.2, 0.25) is 0 Å². The standard InChI is InChI=1S/C40H33F2NO3/c1-39(2)22-43(35-17-13-25(18-32(35)39)23-8-4-3-5-9-23)26-14-16-29-36(19-26)45-37-27-11-7-6-10-24(27)12-15-30(37)40(29)31-21-34(42)33(41)20-28(31)38(44)46-40/h6-7,10-21,23H,3-5,8-9,22H2,1-2H3. The van der Waals surface area contributed by atoms with Crippen LogP contribution in [0.3, 0.4) is 0 Å². The number of rotatable bonds is 2. The molecular formula is C40H33F2NO3. The summed E-state index contributed by atoms with van der Waals surface area (Å²) in [4.78, 5) is 15.7. The minimum Gasteiger partial charge on any atom is -0.456 e. The van der Waals surface area contributed by atoms with E-state index in [2.05, 4.69) is 36.9 Å². The summed E-state index contributed by atoms with van der Waals surface area (Å²) in [5.74, 6) is -1.15. The third-order valence-corrected chi connectivity index (χ3v) is 10.7. The Morgan fingerprint density at radius 1 is 0.783 bits per heavy atom. The first-order chi connectivity index (χ1) is 22.2. The lowest BCUT2D eigenvalue weighted by Gasteiger charge is -2.37. The summed E-state index contributed by atoms with van der Waals surface area (Å²) in [7, 11) is 0. The van der Waals surface area contributed by atoms with E-state index < -0.39 is 23.2 Å². The van der Waals surface area contributed by atoms with Gasteiger partial charge in [-0.1, -0.05) is 75.6 Å². The van der Waals surface area contributed by atoms with Gasteiger partial charge in [-0.05, 0) is 71.7 Å². The highest BCUT2D eigenvalue weighted by Gasteiger charge is 2.54. The normalized spacial score (nSPS) is 21.0. The van der Waals surface area contributed by atoms with Gasteiger partial charge in [0.1, 0.15) is 11.5 Å². The molecule has 0 aromatic heterocycles. The maximum Gasteiger partial charge on any atom is 0.340 e. The molecule has 0 amide bonds. The van der Waals surface area contributed by atoms with Gasteiger partial charge in [-0.3, -0.25) is 0 Å². The second-order valence-electron chi connectivity index (χ2n) is 13.9. The summed E-state index contributed by atoms with van der Waals surface area (Å²) in [6.07, 6.45) is 6.45. The van der Waals surface area contributed by atoms with Gasteiger partial charge in [-0.25, -0.2) is 13.6 Å². The largest absolute Gasteiger partial charge is 0.456 e. The molecule has 4 aliphatic rings. The van der Waals surface area contributed by atoms with Crippen LogP contribution >= 0.6 is 0 Å². The van der Waals surface area contributed by atoms with Crippen LogP contribution < -0.4 is 9.64 Å². The third-order valence-electron chi connectivity index (χ3n) is 10.7. The lowest BCUT2D eigenvalue weighted by Crippen LogP contribution is -2.33. The van der Waals surface area contributed by atoms with Gasteiger partial charge < -0.3 is 14.4 Å². The average Bonchev–Trinajstić information content (AvgIpc) is 3.50. The van der Waals surface area contributed by atoms with E-state index in [0.29, 0.717) is 28.5 Å². The monoisotopic (exact) mass is 613 g/mol. The molecule has 1 saturated carbocycles. The minimum absolute atomic E-state index is 0.0129. The van der Waals surface area contributed by atoms with Gasteiger partial charge in [0.25, 0.3) is 0 Å². The zero-order valence-corrected chi connectivity index (χ0v) is 25.8. The molecule has 0 radical (unpaired) electrons. The zero-order chi connectivity index (χ0) is 31.4. The quantitative estimate of drug-likeness (QED) is 0.186. The second kappa shape index (κ2) is 9.65. The molecule has 1 aliphatic carbocycles. The molecule has 3 heterocycles. The van der Waals surface area contributed by atoms with Crippen molar-refractivity contribution in [1.82, 2.24) is 0 Å². The molecule has 0 saturated heterocycles. The SMILES string of the molecule is CC1(C)CN(c2ccc3c(c2)Oc2c(ccc4ccccc24)C32OC(=O)c3cc(F)c(F)cc32)c2ccc(C3CCCCC3)cc21. The van der Waals surface area contributed by atoms with E-state index >= 15 is 0 Å². The van der Waals surface area contributed by atoms with E-state index in [1.54, 1.807) is 0 Å². The second-order valence-corrected chi connectivity index (χ2v) is 13.9. The van der Waals surface area contributed by atoms with Crippen molar-refractivity contribution in [2.75, 3.05) is 11.4 Å². The molecule has 5 aromatic carbocycles. The van der Waals surface area contributed by atoms with Crippen LogP contribution in [0.15, 0.2) is 84.9 Å². The number of benzene rings is 5. The highest BCUT2D eigenvalue weighted by Crippen LogP contribution is 2.59. The predicted molar refractivity (Wildman–Crippen MR) is 174 cm³/mol. The highest BCUT2D eigenvalue weighted by molar-refractivity contribution is 5.99. The Hall–Kier alpha value is -4.71. The molecule has 5 aromatic rings. The lowest BCUT2D eigenvalue weighted by molar-refractivity contribution is 0.0225. The Bertz CT molecular complexity index is 2110. The summed E-state index contributed by atoms with van der Waals surface area (Å²) in [5.41, 5.74) is 4.78. The van der Waals surface area contributed by atoms with Crippen molar-refractivity contribution in [2.45, 2.75) is 62.9 Å². The maximum absolute atomic E-state index is 14.9. The van der Waals surface area contributed by atoms with Crippen molar-refractivity contribution in [1.29, 1.82) is 0 Å². The molecule has 4 nitrogen and oxygen atoms in total. The first-order valence-electron chi connectivity index (χ1n) is 16.2. The number of carbonyl (C=O) groups excluding carboxylic acids is 1. The Kier molecular flexibility index (Phi) is 5.79. The number of fused-ring (bicyclic) bond motifs is 9. The first-order valence-corrected chi connectivity index (χ1v) is 16.2. The van der Waals surface area contributed by atoms with Crippen LogP contribution in [0.2, 0.25) is 0 Å².